The molecule has 0 bridgehead atoms. The largest absolute Gasteiger partial charge is 0.465 e. The minimum atomic E-state index is -0.598. The van der Waals surface area contributed by atoms with Crippen LogP contribution in [0.25, 0.3) is 0 Å². The van der Waals surface area contributed by atoms with Crippen molar-refractivity contribution in [2.24, 2.45) is 0 Å². The van der Waals surface area contributed by atoms with Gasteiger partial charge in [0.1, 0.15) is 5.54 Å². The lowest BCUT2D eigenvalue weighted by atomic mass is 9.93. The Morgan fingerprint density at radius 1 is 1.14 bits per heavy atom. The highest BCUT2D eigenvalue weighted by molar-refractivity contribution is 5.80. The second-order valence-corrected chi connectivity index (χ2v) is 5.70. The molecular weight excluding hydrogens is 262 g/mol. The van der Waals surface area contributed by atoms with Crippen LogP contribution in [0.1, 0.15) is 58.4 Å². The number of carbonyl (C=O) groups is 1. The third-order valence-electron chi connectivity index (χ3n) is 3.78. The Morgan fingerprint density at radius 2 is 1.86 bits per heavy atom. The normalized spacial score (nSPS) is 13.7. The van der Waals surface area contributed by atoms with Crippen molar-refractivity contribution in [3.8, 4) is 0 Å². The first kappa shape index (κ1) is 17.7. The van der Waals surface area contributed by atoms with E-state index >= 15 is 0 Å². The number of nitrogens with one attached hydrogen (secondary N) is 1. The predicted octanol–water partition coefficient (Wildman–Crippen LogP) is 4.07. The Hall–Kier alpha value is -1.35. The summed E-state index contributed by atoms with van der Waals surface area (Å²) < 4.78 is 5.25. The van der Waals surface area contributed by atoms with E-state index < -0.39 is 5.54 Å². The van der Waals surface area contributed by atoms with Crippen LogP contribution in [-0.4, -0.2) is 18.1 Å². The van der Waals surface area contributed by atoms with Gasteiger partial charge in [-0.3, -0.25) is 10.1 Å². The molecule has 0 saturated heterocycles. The quantitative estimate of drug-likeness (QED) is 0.521. The molecule has 1 N–H and O–H groups in total. The highest BCUT2D eigenvalue weighted by atomic mass is 16.5. The molecule has 0 aliphatic carbocycles. The van der Waals surface area contributed by atoms with Crippen LogP contribution in [0.2, 0.25) is 0 Å². The molecule has 1 atom stereocenters. The number of benzene rings is 1. The second kappa shape index (κ2) is 9.56. The number of esters is 1. The molecule has 1 aromatic rings. The maximum absolute atomic E-state index is 12.3. The monoisotopic (exact) mass is 291 g/mol. The Labute approximate surface area is 129 Å². The van der Waals surface area contributed by atoms with Gasteiger partial charge in [0.05, 0.1) is 6.61 Å². The summed E-state index contributed by atoms with van der Waals surface area (Å²) in [7, 11) is 0. The number of hydrogen-bond donors (Lipinski definition) is 1. The second-order valence-electron chi connectivity index (χ2n) is 5.70. The van der Waals surface area contributed by atoms with Crippen LogP contribution in [0.4, 0.5) is 0 Å². The number of hydrogen-bond acceptors (Lipinski definition) is 3. The molecule has 0 fully saturated rings. The summed E-state index contributed by atoms with van der Waals surface area (Å²) in [6, 6.07) is 10.2. The van der Waals surface area contributed by atoms with Crippen molar-refractivity contribution in [2.75, 3.05) is 6.61 Å². The molecule has 0 aliphatic rings. The number of rotatable bonds is 10. The first-order chi connectivity index (χ1) is 10.1. The van der Waals surface area contributed by atoms with Crippen molar-refractivity contribution < 1.29 is 9.53 Å². The fourth-order valence-electron chi connectivity index (χ4n) is 2.35. The highest BCUT2D eigenvalue weighted by Gasteiger charge is 2.33. The lowest BCUT2D eigenvalue weighted by Crippen LogP contribution is -2.50. The number of unbranched alkanes of at least 4 members (excludes halogenated alkanes) is 3. The van der Waals surface area contributed by atoms with Crippen LogP contribution >= 0.6 is 0 Å². The minimum Gasteiger partial charge on any atom is -0.465 e. The van der Waals surface area contributed by atoms with Crippen LogP contribution in [0, 0.1) is 0 Å². The molecule has 3 heteroatoms. The van der Waals surface area contributed by atoms with Crippen LogP contribution < -0.4 is 5.32 Å². The molecule has 0 amide bonds. The van der Waals surface area contributed by atoms with E-state index in [4.69, 9.17) is 4.74 Å². The van der Waals surface area contributed by atoms with E-state index in [2.05, 4.69) is 24.4 Å². The standard InChI is InChI=1S/C18H29NO2/c1-4-6-7-11-14-18(3,17(20)21-5-2)19-15-16-12-9-8-10-13-16/h8-10,12-13,19H,4-7,11,14-15H2,1-3H3. The van der Waals surface area contributed by atoms with Gasteiger partial charge < -0.3 is 4.74 Å². The van der Waals surface area contributed by atoms with Crippen LogP contribution in [0.5, 0.6) is 0 Å². The summed E-state index contributed by atoms with van der Waals surface area (Å²) in [5.74, 6) is -0.141. The summed E-state index contributed by atoms with van der Waals surface area (Å²) in [4.78, 5) is 12.3. The maximum Gasteiger partial charge on any atom is 0.326 e. The van der Waals surface area contributed by atoms with Crippen LogP contribution in [-0.2, 0) is 16.1 Å². The van der Waals surface area contributed by atoms with Crippen molar-refractivity contribution in [1.82, 2.24) is 5.32 Å². The lowest BCUT2D eigenvalue weighted by Gasteiger charge is -2.28. The van der Waals surface area contributed by atoms with Gasteiger partial charge in [-0.2, -0.15) is 0 Å². The van der Waals surface area contributed by atoms with Gasteiger partial charge in [0.15, 0.2) is 0 Å². The van der Waals surface area contributed by atoms with E-state index in [1.54, 1.807) is 0 Å². The molecule has 3 nitrogen and oxygen atoms in total. The molecule has 118 valence electrons. The third kappa shape index (κ3) is 6.30. The zero-order chi connectivity index (χ0) is 15.6. The summed E-state index contributed by atoms with van der Waals surface area (Å²) in [6.07, 6.45) is 5.45. The van der Waals surface area contributed by atoms with Crippen LogP contribution in [0.15, 0.2) is 30.3 Å². The zero-order valence-corrected chi connectivity index (χ0v) is 13.7. The van der Waals surface area contributed by atoms with E-state index in [1.165, 1.54) is 24.8 Å². The summed E-state index contributed by atoms with van der Waals surface area (Å²) in [5.41, 5.74) is 0.584. The fraction of sp³-hybridized carbons (Fsp3) is 0.611. The van der Waals surface area contributed by atoms with Gasteiger partial charge in [0.25, 0.3) is 0 Å². The molecular formula is C18H29NO2. The summed E-state index contributed by atoms with van der Waals surface area (Å²) in [6.45, 7) is 7.12. The van der Waals surface area contributed by atoms with Gasteiger partial charge >= 0.3 is 5.97 Å². The Bertz CT molecular complexity index is 405. The molecule has 21 heavy (non-hydrogen) atoms. The van der Waals surface area contributed by atoms with Gasteiger partial charge in [-0.05, 0) is 25.8 Å². The number of ether oxygens (including phenoxy) is 1. The Balaban J connectivity index is 2.60. The van der Waals surface area contributed by atoms with E-state index in [-0.39, 0.29) is 5.97 Å². The third-order valence-corrected chi connectivity index (χ3v) is 3.78. The maximum atomic E-state index is 12.3. The Kier molecular flexibility index (Phi) is 8.06. The molecule has 0 heterocycles. The average molecular weight is 291 g/mol. The van der Waals surface area contributed by atoms with E-state index in [9.17, 15) is 4.79 Å². The Morgan fingerprint density at radius 3 is 2.48 bits per heavy atom. The highest BCUT2D eigenvalue weighted by Crippen LogP contribution is 2.18. The minimum absolute atomic E-state index is 0.141. The summed E-state index contributed by atoms with van der Waals surface area (Å²) >= 11 is 0. The van der Waals surface area contributed by atoms with Crippen molar-refractivity contribution in [3.63, 3.8) is 0 Å². The van der Waals surface area contributed by atoms with Crippen molar-refractivity contribution in [3.05, 3.63) is 35.9 Å². The number of carbonyl (C=O) groups excluding carboxylic acids is 1. The first-order valence-corrected chi connectivity index (χ1v) is 8.08. The molecule has 0 aliphatic heterocycles. The predicted molar refractivity (Wildman–Crippen MR) is 87.1 cm³/mol. The van der Waals surface area contributed by atoms with E-state index in [0.29, 0.717) is 13.2 Å². The molecule has 0 radical (unpaired) electrons. The first-order valence-electron chi connectivity index (χ1n) is 8.08. The van der Waals surface area contributed by atoms with Crippen molar-refractivity contribution >= 4 is 5.97 Å². The van der Waals surface area contributed by atoms with Gasteiger partial charge in [-0.15, -0.1) is 0 Å². The van der Waals surface area contributed by atoms with Gasteiger partial charge in [0, 0.05) is 6.54 Å². The molecule has 1 aromatic carbocycles. The van der Waals surface area contributed by atoms with Crippen molar-refractivity contribution in [2.45, 2.75) is 65.0 Å². The topological polar surface area (TPSA) is 38.3 Å². The van der Waals surface area contributed by atoms with E-state index in [1.807, 2.05) is 32.0 Å². The molecule has 1 rings (SSSR count). The average Bonchev–Trinajstić information content (AvgIpc) is 2.51. The van der Waals surface area contributed by atoms with Gasteiger partial charge in [-0.1, -0.05) is 62.9 Å². The molecule has 0 spiro atoms. The van der Waals surface area contributed by atoms with Gasteiger partial charge in [0.2, 0.25) is 0 Å². The van der Waals surface area contributed by atoms with Crippen LogP contribution in [0.3, 0.4) is 0 Å². The molecule has 0 aromatic heterocycles. The molecule has 1 unspecified atom stereocenters. The van der Waals surface area contributed by atoms with Gasteiger partial charge in [-0.25, -0.2) is 0 Å². The summed E-state index contributed by atoms with van der Waals surface area (Å²) in [5, 5.41) is 3.40. The van der Waals surface area contributed by atoms with E-state index in [0.717, 1.165) is 12.8 Å². The lowest BCUT2D eigenvalue weighted by molar-refractivity contribution is -0.151. The SMILES string of the molecule is CCCCCCC(C)(NCc1ccccc1)C(=O)OCC. The molecule has 0 saturated carbocycles. The smallest absolute Gasteiger partial charge is 0.326 e. The zero-order valence-electron chi connectivity index (χ0n) is 13.7. The fourth-order valence-corrected chi connectivity index (χ4v) is 2.35. The van der Waals surface area contributed by atoms with Crippen molar-refractivity contribution in [1.29, 1.82) is 0 Å².